The quantitative estimate of drug-likeness (QED) is 0.773. The molecule has 0 heterocycles. The van der Waals surface area contributed by atoms with Gasteiger partial charge < -0.3 is 15.2 Å². The van der Waals surface area contributed by atoms with Gasteiger partial charge in [0.05, 0.1) is 25.4 Å². The van der Waals surface area contributed by atoms with Gasteiger partial charge in [0.15, 0.2) is 0 Å². The lowest BCUT2D eigenvalue weighted by atomic mass is 10.1. The Balaban J connectivity index is 2.22. The molecular formula is C14H23NO2. The van der Waals surface area contributed by atoms with Gasteiger partial charge in [0, 0.05) is 6.54 Å². The fourth-order valence-corrected chi connectivity index (χ4v) is 1.44. The van der Waals surface area contributed by atoms with Gasteiger partial charge in [0.25, 0.3) is 0 Å². The van der Waals surface area contributed by atoms with Gasteiger partial charge in [-0.15, -0.1) is 0 Å². The molecule has 1 rings (SSSR count). The molecule has 3 nitrogen and oxygen atoms in total. The molecule has 0 bridgehead atoms. The maximum absolute atomic E-state index is 5.58. The summed E-state index contributed by atoms with van der Waals surface area (Å²) in [7, 11) is 0. The number of ether oxygens (including phenoxy) is 2. The van der Waals surface area contributed by atoms with E-state index in [0.717, 1.165) is 11.1 Å². The van der Waals surface area contributed by atoms with Gasteiger partial charge in [-0.25, -0.2) is 0 Å². The highest BCUT2D eigenvalue weighted by atomic mass is 16.5. The van der Waals surface area contributed by atoms with Crippen LogP contribution in [0.15, 0.2) is 24.3 Å². The number of nitrogens with two attached hydrogens (primary N) is 1. The van der Waals surface area contributed by atoms with Gasteiger partial charge in [0.1, 0.15) is 0 Å². The minimum Gasteiger partial charge on any atom is -0.374 e. The van der Waals surface area contributed by atoms with Crippen LogP contribution in [0.5, 0.6) is 0 Å². The molecule has 0 amide bonds. The van der Waals surface area contributed by atoms with Gasteiger partial charge in [-0.05, 0) is 31.9 Å². The van der Waals surface area contributed by atoms with Crippen molar-refractivity contribution in [2.45, 2.75) is 39.5 Å². The summed E-state index contributed by atoms with van der Waals surface area (Å²) in [5.74, 6) is 0. The Kier molecular flexibility index (Phi) is 5.62. The van der Waals surface area contributed by atoms with Crippen molar-refractivity contribution in [3.63, 3.8) is 0 Å². The fraction of sp³-hybridized carbons (Fsp3) is 0.571. The standard InChI is InChI=1S/C14H23NO2/c1-14(2,3)17-8-7-16-11-13-6-4-5-12(9-13)10-15/h4-6,9H,7-8,10-11,15H2,1-3H3. The molecule has 0 unspecified atom stereocenters. The smallest absolute Gasteiger partial charge is 0.0718 e. The largest absolute Gasteiger partial charge is 0.374 e. The van der Waals surface area contributed by atoms with E-state index >= 15 is 0 Å². The Labute approximate surface area is 104 Å². The third-order valence-corrected chi connectivity index (χ3v) is 2.26. The molecule has 1 aromatic carbocycles. The maximum Gasteiger partial charge on any atom is 0.0718 e. The van der Waals surface area contributed by atoms with Crippen LogP contribution in [0.3, 0.4) is 0 Å². The van der Waals surface area contributed by atoms with Crippen LogP contribution in [0.25, 0.3) is 0 Å². The molecule has 2 N–H and O–H groups in total. The van der Waals surface area contributed by atoms with Crippen LogP contribution in [-0.4, -0.2) is 18.8 Å². The molecule has 0 fully saturated rings. The van der Waals surface area contributed by atoms with Crippen molar-refractivity contribution < 1.29 is 9.47 Å². The molecule has 0 aromatic heterocycles. The number of hydrogen-bond acceptors (Lipinski definition) is 3. The summed E-state index contributed by atoms with van der Waals surface area (Å²) >= 11 is 0. The predicted molar refractivity (Wildman–Crippen MR) is 69.7 cm³/mol. The Hall–Kier alpha value is -0.900. The zero-order valence-electron chi connectivity index (χ0n) is 11.0. The summed E-state index contributed by atoms with van der Waals surface area (Å²) in [5.41, 5.74) is 7.78. The lowest BCUT2D eigenvalue weighted by Gasteiger charge is -2.19. The van der Waals surface area contributed by atoms with E-state index in [1.807, 2.05) is 39.0 Å². The summed E-state index contributed by atoms with van der Waals surface area (Å²) in [5, 5.41) is 0. The lowest BCUT2D eigenvalue weighted by Crippen LogP contribution is -2.21. The highest BCUT2D eigenvalue weighted by molar-refractivity contribution is 5.22. The Morgan fingerprint density at radius 3 is 2.47 bits per heavy atom. The molecule has 0 saturated carbocycles. The Morgan fingerprint density at radius 2 is 1.82 bits per heavy atom. The minimum absolute atomic E-state index is 0.0944. The van der Waals surface area contributed by atoms with Gasteiger partial charge in [-0.3, -0.25) is 0 Å². The van der Waals surface area contributed by atoms with Gasteiger partial charge >= 0.3 is 0 Å². The van der Waals surface area contributed by atoms with Crippen molar-refractivity contribution in [1.29, 1.82) is 0 Å². The van der Waals surface area contributed by atoms with Crippen LogP contribution in [-0.2, 0) is 22.6 Å². The van der Waals surface area contributed by atoms with Gasteiger partial charge in [-0.1, -0.05) is 24.3 Å². The van der Waals surface area contributed by atoms with Crippen molar-refractivity contribution in [3.8, 4) is 0 Å². The second-order valence-corrected chi connectivity index (χ2v) is 5.04. The first-order chi connectivity index (χ1) is 8.01. The van der Waals surface area contributed by atoms with Crippen LogP contribution in [0.2, 0.25) is 0 Å². The van der Waals surface area contributed by atoms with E-state index in [0.29, 0.717) is 26.4 Å². The molecule has 17 heavy (non-hydrogen) atoms. The first-order valence-electron chi connectivity index (χ1n) is 6.01. The maximum atomic E-state index is 5.58. The highest BCUT2D eigenvalue weighted by Crippen LogP contribution is 2.08. The van der Waals surface area contributed by atoms with E-state index in [1.54, 1.807) is 0 Å². The molecule has 0 saturated heterocycles. The average molecular weight is 237 g/mol. The molecule has 0 radical (unpaired) electrons. The zero-order chi connectivity index (χ0) is 12.7. The van der Waals surface area contributed by atoms with E-state index in [9.17, 15) is 0 Å². The van der Waals surface area contributed by atoms with E-state index in [1.165, 1.54) is 0 Å². The van der Waals surface area contributed by atoms with Crippen molar-refractivity contribution in [1.82, 2.24) is 0 Å². The van der Waals surface area contributed by atoms with Crippen LogP contribution in [0.1, 0.15) is 31.9 Å². The van der Waals surface area contributed by atoms with E-state index in [4.69, 9.17) is 15.2 Å². The molecule has 3 heteroatoms. The van der Waals surface area contributed by atoms with E-state index in [2.05, 4.69) is 6.07 Å². The lowest BCUT2D eigenvalue weighted by molar-refractivity contribution is -0.0376. The van der Waals surface area contributed by atoms with Crippen LogP contribution < -0.4 is 5.73 Å². The fourth-order valence-electron chi connectivity index (χ4n) is 1.44. The average Bonchev–Trinajstić information content (AvgIpc) is 2.27. The van der Waals surface area contributed by atoms with Crippen molar-refractivity contribution >= 4 is 0 Å². The molecule has 0 aliphatic carbocycles. The van der Waals surface area contributed by atoms with Crippen LogP contribution >= 0.6 is 0 Å². The first kappa shape index (κ1) is 14.2. The topological polar surface area (TPSA) is 44.5 Å². The molecular weight excluding hydrogens is 214 g/mol. The van der Waals surface area contributed by atoms with E-state index in [-0.39, 0.29) is 5.60 Å². The number of rotatable bonds is 6. The second kappa shape index (κ2) is 6.74. The summed E-state index contributed by atoms with van der Waals surface area (Å²) in [4.78, 5) is 0. The normalized spacial score (nSPS) is 11.8. The summed E-state index contributed by atoms with van der Waals surface area (Å²) in [6.45, 7) is 8.54. The first-order valence-corrected chi connectivity index (χ1v) is 6.01. The minimum atomic E-state index is -0.0944. The summed E-state index contributed by atoms with van der Waals surface area (Å²) in [6.07, 6.45) is 0. The van der Waals surface area contributed by atoms with Gasteiger partial charge in [0.2, 0.25) is 0 Å². The zero-order valence-corrected chi connectivity index (χ0v) is 11.0. The molecule has 0 spiro atoms. The predicted octanol–water partition coefficient (Wildman–Crippen LogP) is 2.48. The Bertz CT molecular complexity index is 331. The molecule has 1 aromatic rings. The summed E-state index contributed by atoms with van der Waals surface area (Å²) < 4.78 is 11.1. The summed E-state index contributed by atoms with van der Waals surface area (Å²) in [6, 6.07) is 8.15. The van der Waals surface area contributed by atoms with Crippen LogP contribution in [0, 0.1) is 0 Å². The second-order valence-electron chi connectivity index (χ2n) is 5.04. The van der Waals surface area contributed by atoms with Crippen molar-refractivity contribution in [3.05, 3.63) is 35.4 Å². The van der Waals surface area contributed by atoms with Crippen molar-refractivity contribution in [2.75, 3.05) is 13.2 Å². The number of hydrogen-bond donors (Lipinski definition) is 1. The molecule has 0 aliphatic rings. The van der Waals surface area contributed by atoms with Gasteiger partial charge in [-0.2, -0.15) is 0 Å². The highest BCUT2D eigenvalue weighted by Gasteiger charge is 2.08. The van der Waals surface area contributed by atoms with E-state index < -0.39 is 0 Å². The van der Waals surface area contributed by atoms with Crippen LogP contribution in [0.4, 0.5) is 0 Å². The monoisotopic (exact) mass is 237 g/mol. The third kappa shape index (κ3) is 6.41. The molecule has 0 aliphatic heterocycles. The Morgan fingerprint density at radius 1 is 1.12 bits per heavy atom. The van der Waals surface area contributed by atoms with Crippen molar-refractivity contribution in [2.24, 2.45) is 5.73 Å². The SMILES string of the molecule is CC(C)(C)OCCOCc1cccc(CN)c1. The molecule has 0 atom stereocenters. The number of benzene rings is 1. The third-order valence-electron chi connectivity index (χ3n) is 2.26. The molecule has 96 valence electrons.